The number of hydrogen-bond donors (Lipinski definition) is 1. The van der Waals surface area contributed by atoms with Crippen molar-refractivity contribution in [2.45, 2.75) is 43.0 Å². The van der Waals surface area contributed by atoms with Gasteiger partial charge < -0.3 is 10.1 Å². The average molecular weight is 494 g/mol. The zero-order valence-electron chi connectivity index (χ0n) is 18.4. The molecule has 0 unspecified atom stereocenters. The average Bonchev–Trinajstić information content (AvgIpc) is 2.83. The molecule has 0 heterocycles. The molecule has 10 nitrogen and oxygen atoms in total. The number of carbonyl (C=O) groups excluding carboxylic acids is 2. The minimum atomic E-state index is -3.71. The molecule has 0 saturated heterocycles. The third-order valence-electron chi connectivity index (χ3n) is 5.62. The van der Waals surface area contributed by atoms with Crippen LogP contribution < -0.4 is 5.32 Å². The number of carbonyl (C=O) groups is 2. The lowest BCUT2D eigenvalue weighted by Crippen LogP contribution is -2.38. The molecule has 12 heteroatoms. The van der Waals surface area contributed by atoms with Gasteiger partial charge in [-0.15, -0.1) is 0 Å². The monoisotopic (exact) mass is 493 g/mol. The van der Waals surface area contributed by atoms with Gasteiger partial charge >= 0.3 is 11.7 Å². The van der Waals surface area contributed by atoms with E-state index in [4.69, 9.17) is 4.74 Å². The Bertz CT molecular complexity index is 1180. The van der Waals surface area contributed by atoms with Gasteiger partial charge in [0.1, 0.15) is 0 Å². The van der Waals surface area contributed by atoms with Crippen molar-refractivity contribution in [1.82, 2.24) is 4.31 Å². The van der Waals surface area contributed by atoms with Gasteiger partial charge in [-0.05, 0) is 49.2 Å². The zero-order valence-corrected chi connectivity index (χ0v) is 19.2. The highest BCUT2D eigenvalue weighted by molar-refractivity contribution is 7.89. The van der Waals surface area contributed by atoms with Crippen LogP contribution >= 0.6 is 0 Å². The second kappa shape index (κ2) is 10.7. The molecule has 0 spiro atoms. The number of halogens is 1. The molecular weight excluding hydrogens is 469 g/mol. The van der Waals surface area contributed by atoms with Crippen LogP contribution in [0.25, 0.3) is 0 Å². The van der Waals surface area contributed by atoms with Gasteiger partial charge in [-0.3, -0.25) is 14.9 Å². The second-order valence-corrected chi connectivity index (χ2v) is 9.88. The van der Waals surface area contributed by atoms with E-state index in [1.165, 1.54) is 28.6 Å². The van der Waals surface area contributed by atoms with Gasteiger partial charge in [0.2, 0.25) is 15.8 Å². The van der Waals surface area contributed by atoms with Gasteiger partial charge in [0.15, 0.2) is 6.61 Å². The van der Waals surface area contributed by atoms with Gasteiger partial charge in [0.05, 0.1) is 15.4 Å². The van der Waals surface area contributed by atoms with Crippen LogP contribution in [-0.2, 0) is 19.6 Å². The molecule has 34 heavy (non-hydrogen) atoms. The highest BCUT2D eigenvalue weighted by Crippen LogP contribution is 2.26. The summed E-state index contributed by atoms with van der Waals surface area (Å²) in [6.07, 6.45) is 4.70. The Morgan fingerprint density at radius 2 is 1.79 bits per heavy atom. The predicted octanol–water partition coefficient (Wildman–Crippen LogP) is 3.48. The number of rotatable bonds is 8. The summed E-state index contributed by atoms with van der Waals surface area (Å²) >= 11 is 0. The third kappa shape index (κ3) is 5.94. The summed E-state index contributed by atoms with van der Waals surface area (Å²) < 4.78 is 45.4. The van der Waals surface area contributed by atoms with Crippen LogP contribution in [0.4, 0.5) is 15.8 Å². The van der Waals surface area contributed by atoms with Crippen LogP contribution in [0.5, 0.6) is 0 Å². The molecule has 0 radical (unpaired) electrons. The van der Waals surface area contributed by atoms with Crippen molar-refractivity contribution in [2.75, 3.05) is 19.0 Å². The molecule has 1 N–H and O–H groups in total. The van der Waals surface area contributed by atoms with Gasteiger partial charge in [-0.25, -0.2) is 13.2 Å². The van der Waals surface area contributed by atoms with Gasteiger partial charge in [-0.2, -0.15) is 8.70 Å². The maximum absolute atomic E-state index is 13.4. The van der Waals surface area contributed by atoms with E-state index in [-0.39, 0.29) is 22.2 Å². The molecule has 3 rings (SSSR count). The lowest BCUT2D eigenvalue weighted by molar-refractivity contribution is -0.387. The molecule has 2 aromatic carbocycles. The third-order valence-corrected chi connectivity index (χ3v) is 7.54. The number of hydrogen-bond acceptors (Lipinski definition) is 7. The van der Waals surface area contributed by atoms with Crippen LogP contribution in [0.3, 0.4) is 0 Å². The summed E-state index contributed by atoms with van der Waals surface area (Å²) in [5.41, 5.74) is -0.797. The number of esters is 1. The molecule has 1 aliphatic rings. The Morgan fingerprint density at radius 3 is 2.41 bits per heavy atom. The summed E-state index contributed by atoms with van der Waals surface area (Å²) in [5, 5.41) is 13.1. The molecule has 0 aliphatic heterocycles. The SMILES string of the molecule is CN(C1CCCCC1)S(=O)(=O)c1ccc(C(=O)OCC(=O)Nc2ccc(F)c([N+](=O)[O-])c2)cc1. The summed E-state index contributed by atoms with van der Waals surface area (Å²) in [5.74, 6) is -2.70. The largest absolute Gasteiger partial charge is 0.452 e. The molecule has 1 amide bonds. The van der Waals surface area contributed by atoms with E-state index in [1.807, 2.05) is 0 Å². The molecule has 0 atom stereocenters. The van der Waals surface area contributed by atoms with E-state index in [9.17, 15) is 32.5 Å². The quantitative estimate of drug-likeness (QED) is 0.338. The van der Waals surface area contributed by atoms with Crippen LogP contribution in [0, 0.1) is 15.9 Å². The lowest BCUT2D eigenvalue weighted by Gasteiger charge is -2.30. The molecule has 182 valence electrons. The number of nitro groups is 1. The number of anilines is 1. The molecular formula is C22H24FN3O7S. The maximum Gasteiger partial charge on any atom is 0.338 e. The first-order chi connectivity index (χ1) is 16.1. The van der Waals surface area contributed by atoms with Crippen molar-refractivity contribution in [3.8, 4) is 0 Å². The predicted molar refractivity (Wildman–Crippen MR) is 120 cm³/mol. The fraction of sp³-hybridized carbons (Fsp3) is 0.364. The topological polar surface area (TPSA) is 136 Å². The van der Waals surface area contributed by atoms with Crippen LogP contribution in [0.15, 0.2) is 47.4 Å². The smallest absolute Gasteiger partial charge is 0.338 e. The summed E-state index contributed by atoms with van der Waals surface area (Å²) in [6, 6.07) is 7.97. The molecule has 0 bridgehead atoms. The summed E-state index contributed by atoms with van der Waals surface area (Å²) in [6.45, 7) is -0.700. The Labute approximate surface area is 195 Å². The van der Waals surface area contributed by atoms with Gasteiger partial charge in [0, 0.05) is 24.8 Å². The standard InChI is InChI=1S/C22H24FN3O7S/c1-25(17-5-3-2-4-6-17)34(31,32)18-10-7-15(8-11-18)22(28)33-14-21(27)24-16-9-12-19(23)20(13-16)26(29)30/h7-13,17H,2-6,14H2,1H3,(H,24,27). The Hall–Kier alpha value is -3.38. The van der Waals surface area contributed by atoms with E-state index >= 15 is 0 Å². The number of ether oxygens (including phenoxy) is 1. The lowest BCUT2D eigenvalue weighted by atomic mass is 9.96. The van der Waals surface area contributed by atoms with Crippen molar-refractivity contribution < 1.29 is 32.1 Å². The number of nitrogens with one attached hydrogen (secondary N) is 1. The number of nitro benzene ring substituents is 1. The van der Waals surface area contributed by atoms with Crippen molar-refractivity contribution in [1.29, 1.82) is 0 Å². The van der Waals surface area contributed by atoms with E-state index in [0.717, 1.165) is 50.3 Å². The fourth-order valence-electron chi connectivity index (χ4n) is 3.71. The Kier molecular flexibility index (Phi) is 7.94. The number of sulfonamides is 1. The zero-order chi connectivity index (χ0) is 24.9. The summed E-state index contributed by atoms with van der Waals surface area (Å²) in [7, 11) is -2.15. The van der Waals surface area contributed by atoms with Gasteiger partial charge in [-0.1, -0.05) is 19.3 Å². The van der Waals surface area contributed by atoms with Crippen molar-refractivity contribution in [2.24, 2.45) is 0 Å². The highest BCUT2D eigenvalue weighted by atomic mass is 32.2. The second-order valence-electron chi connectivity index (χ2n) is 7.89. The molecule has 1 aliphatic carbocycles. The minimum absolute atomic E-state index is 0.0363. The maximum atomic E-state index is 13.4. The van der Waals surface area contributed by atoms with E-state index in [1.54, 1.807) is 7.05 Å². The van der Waals surface area contributed by atoms with Crippen LogP contribution in [-0.4, -0.2) is 49.2 Å². The van der Waals surface area contributed by atoms with E-state index < -0.39 is 44.9 Å². The van der Waals surface area contributed by atoms with E-state index in [2.05, 4.69) is 5.32 Å². The number of amides is 1. The molecule has 0 aromatic heterocycles. The first-order valence-electron chi connectivity index (χ1n) is 10.6. The van der Waals surface area contributed by atoms with Gasteiger partial charge in [0.25, 0.3) is 5.91 Å². The van der Waals surface area contributed by atoms with Crippen molar-refractivity contribution in [3.05, 3.63) is 64.0 Å². The van der Waals surface area contributed by atoms with Crippen LogP contribution in [0.1, 0.15) is 42.5 Å². The molecule has 1 saturated carbocycles. The number of nitrogens with zero attached hydrogens (tertiary/aromatic N) is 2. The Balaban J connectivity index is 1.58. The normalized spacial score (nSPS) is 14.6. The molecule has 1 fully saturated rings. The fourth-order valence-corrected chi connectivity index (χ4v) is 5.13. The molecule has 2 aromatic rings. The van der Waals surface area contributed by atoms with E-state index in [0.29, 0.717) is 0 Å². The first kappa shape index (κ1) is 25.2. The number of benzene rings is 2. The summed E-state index contributed by atoms with van der Waals surface area (Å²) in [4.78, 5) is 34.1. The van der Waals surface area contributed by atoms with Crippen molar-refractivity contribution in [3.63, 3.8) is 0 Å². The van der Waals surface area contributed by atoms with Crippen molar-refractivity contribution >= 4 is 33.3 Å². The first-order valence-corrected chi connectivity index (χ1v) is 12.0. The highest BCUT2D eigenvalue weighted by Gasteiger charge is 2.29. The van der Waals surface area contributed by atoms with Crippen LogP contribution in [0.2, 0.25) is 0 Å². The minimum Gasteiger partial charge on any atom is -0.452 e. The Morgan fingerprint density at radius 1 is 1.15 bits per heavy atom.